The molecule has 0 saturated carbocycles. The fourth-order valence-electron chi connectivity index (χ4n) is 2.67. The summed E-state index contributed by atoms with van der Waals surface area (Å²) in [5, 5.41) is 14.1. The van der Waals surface area contributed by atoms with Crippen LogP contribution in [0.25, 0.3) is 0 Å². The molecule has 2 amide bonds. The second-order valence-corrected chi connectivity index (χ2v) is 7.56. The van der Waals surface area contributed by atoms with Crippen LogP contribution in [0.1, 0.15) is 31.1 Å². The molecular weight excluding hydrogens is 376 g/mol. The summed E-state index contributed by atoms with van der Waals surface area (Å²) in [4.78, 5) is 26.8. The fraction of sp³-hybridized carbons (Fsp3) is 0.474. The molecule has 0 aliphatic carbocycles. The summed E-state index contributed by atoms with van der Waals surface area (Å²) in [6.45, 7) is 8.71. The predicted octanol–water partition coefficient (Wildman–Crippen LogP) is 2.01. The number of nitrogens with zero attached hydrogens (tertiary/aromatic N) is 4. The van der Waals surface area contributed by atoms with Gasteiger partial charge in [-0.15, -0.1) is 10.2 Å². The van der Waals surface area contributed by atoms with Crippen molar-refractivity contribution >= 4 is 29.3 Å². The molecule has 0 atom stereocenters. The first-order valence-corrected chi connectivity index (χ1v) is 10.3. The number of benzene rings is 1. The van der Waals surface area contributed by atoms with Gasteiger partial charge in [-0.05, 0) is 38.6 Å². The van der Waals surface area contributed by atoms with Gasteiger partial charge < -0.3 is 15.2 Å². The lowest BCUT2D eigenvalue weighted by Gasteiger charge is -2.24. The summed E-state index contributed by atoms with van der Waals surface area (Å²) in [5.41, 5.74) is 1.11. The summed E-state index contributed by atoms with van der Waals surface area (Å²) >= 11 is 1.30. The molecule has 0 aliphatic heterocycles. The summed E-state index contributed by atoms with van der Waals surface area (Å²) < 4.78 is 1.75. The van der Waals surface area contributed by atoms with E-state index >= 15 is 0 Å². The standard InChI is InChI=1S/C19H28N6O2S/c1-5-25(14(2)3)10-9-20-18(27)15-7-6-8-16(11-15)22-17(26)12-28-19-23-21-13-24(19)4/h6-8,11,13-14H,5,9-10,12H2,1-4H3,(H,20,27)(H,22,26). The van der Waals surface area contributed by atoms with E-state index in [0.29, 0.717) is 29.0 Å². The monoisotopic (exact) mass is 404 g/mol. The lowest BCUT2D eigenvalue weighted by molar-refractivity contribution is -0.113. The number of nitrogens with one attached hydrogen (secondary N) is 2. The zero-order valence-electron chi connectivity index (χ0n) is 16.8. The first kappa shape index (κ1) is 21.9. The molecule has 0 aliphatic rings. The third-order valence-corrected chi connectivity index (χ3v) is 5.27. The normalized spacial score (nSPS) is 11.1. The Bertz CT molecular complexity index is 792. The second kappa shape index (κ2) is 10.8. The van der Waals surface area contributed by atoms with Gasteiger partial charge in [-0.25, -0.2) is 0 Å². The number of thioether (sulfide) groups is 1. The number of rotatable bonds is 10. The highest BCUT2D eigenvalue weighted by Crippen LogP contribution is 2.15. The summed E-state index contributed by atoms with van der Waals surface area (Å²) in [5.74, 6) is -0.101. The molecule has 0 bridgehead atoms. The van der Waals surface area contributed by atoms with Gasteiger partial charge in [0.2, 0.25) is 5.91 Å². The molecule has 0 spiro atoms. The number of hydrogen-bond donors (Lipinski definition) is 2. The topological polar surface area (TPSA) is 92.2 Å². The zero-order valence-corrected chi connectivity index (χ0v) is 17.6. The SMILES string of the molecule is CCN(CCNC(=O)c1cccc(NC(=O)CSc2nncn2C)c1)C(C)C. The highest BCUT2D eigenvalue weighted by Gasteiger charge is 2.11. The molecule has 0 unspecified atom stereocenters. The van der Waals surface area contributed by atoms with Crippen molar-refractivity contribution in [3.05, 3.63) is 36.2 Å². The molecule has 1 heterocycles. The highest BCUT2D eigenvalue weighted by molar-refractivity contribution is 7.99. The minimum Gasteiger partial charge on any atom is -0.351 e. The minimum absolute atomic E-state index is 0.149. The van der Waals surface area contributed by atoms with Crippen LogP contribution in [0.15, 0.2) is 35.7 Å². The van der Waals surface area contributed by atoms with Crippen LogP contribution in [-0.4, -0.2) is 62.9 Å². The van der Waals surface area contributed by atoms with E-state index in [-0.39, 0.29) is 17.6 Å². The van der Waals surface area contributed by atoms with E-state index in [1.165, 1.54) is 11.8 Å². The first-order chi connectivity index (χ1) is 13.4. The number of carbonyl (C=O) groups excluding carboxylic acids is 2. The average Bonchev–Trinajstić information content (AvgIpc) is 3.08. The quantitative estimate of drug-likeness (QED) is 0.589. The van der Waals surface area contributed by atoms with Gasteiger partial charge in [0.25, 0.3) is 5.91 Å². The number of carbonyl (C=O) groups is 2. The van der Waals surface area contributed by atoms with Crippen LogP contribution < -0.4 is 10.6 Å². The van der Waals surface area contributed by atoms with Crippen molar-refractivity contribution in [2.45, 2.75) is 32.0 Å². The van der Waals surface area contributed by atoms with Crippen LogP contribution in [0.5, 0.6) is 0 Å². The molecule has 28 heavy (non-hydrogen) atoms. The smallest absolute Gasteiger partial charge is 0.251 e. The maximum Gasteiger partial charge on any atom is 0.251 e. The van der Waals surface area contributed by atoms with Gasteiger partial charge in [-0.3, -0.25) is 14.5 Å². The van der Waals surface area contributed by atoms with Crippen LogP contribution in [0, 0.1) is 0 Å². The van der Waals surface area contributed by atoms with E-state index in [2.05, 4.69) is 46.5 Å². The van der Waals surface area contributed by atoms with E-state index in [0.717, 1.165) is 13.1 Å². The molecule has 1 aromatic carbocycles. The summed E-state index contributed by atoms with van der Waals surface area (Å²) in [7, 11) is 1.82. The lowest BCUT2D eigenvalue weighted by atomic mass is 10.2. The number of likely N-dealkylation sites (N-methyl/N-ethyl adjacent to an activating group) is 1. The van der Waals surface area contributed by atoms with Gasteiger partial charge in [0.05, 0.1) is 5.75 Å². The van der Waals surface area contributed by atoms with Gasteiger partial charge in [-0.1, -0.05) is 24.8 Å². The van der Waals surface area contributed by atoms with Gasteiger partial charge in [-0.2, -0.15) is 0 Å². The largest absolute Gasteiger partial charge is 0.351 e. The Morgan fingerprint density at radius 3 is 2.75 bits per heavy atom. The Morgan fingerprint density at radius 1 is 1.32 bits per heavy atom. The fourth-order valence-corrected chi connectivity index (χ4v) is 3.35. The molecule has 2 N–H and O–H groups in total. The van der Waals surface area contributed by atoms with Gasteiger partial charge in [0.1, 0.15) is 6.33 Å². The van der Waals surface area contributed by atoms with Crippen LogP contribution in [0.3, 0.4) is 0 Å². The Morgan fingerprint density at radius 2 is 2.11 bits per heavy atom. The third-order valence-electron chi connectivity index (χ3n) is 4.23. The molecule has 2 rings (SSSR count). The predicted molar refractivity (Wildman–Crippen MR) is 112 cm³/mol. The number of aromatic nitrogens is 3. The number of aryl methyl sites for hydroxylation is 1. The van der Waals surface area contributed by atoms with Crippen molar-refractivity contribution in [3.63, 3.8) is 0 Å². The maximum absolute atomic E-state index is 12.4. The molecular formula is C19H28N6O2S. The van der Waals surface area contributed by atoms with Gasteiger partial charge >= 0.3 is 0 Å². The average molecular weight is 405 g/mol. The Hall–Kier alpha value is -2.39. The van der Waals surface area contributed by atoms with E-state index < -0.39 is 0 Å². The number of anilines is 1. The minimum atomic E-state index is -0.166. The van der Waals surface area contributed by atoms with Gasteiger partial charge in [0, 0.05) is 37.4 Å². The van der Waals surface area contributed by atoms with Crippen molar-refractivity contribution < 1.29 is 9.59 Å². The maximum atomic E-state index is 12.4. The van der Waals surface area contributed by atoms with Crippen molar-refractivity contribution in [2.75, 3.05) is 30.7 Å². The van der Waals surface area contributed by atoms with Crippen LogP contribution >= 0.6 is 11.8 Å². The lowest BCUT2D eigenvalue weighted by Crippen LogP contribution is -2.38. The molecule has 0 saturated heterocycles. The second-order valence-electron chi connectivity index (χ2n) is 6.62. The third kappa shape index (κ3) is 6.65. The molecule has 152 valence electrons. The molecule has 0 radical (unpaired) electrons. The Labute approximate surface area is 170 Å². The zero-order chi connectivity index (χ0) is 20.5. The van der Waals surface area contributed by atoms with Crippen LogP contribution in [-0.2, 0) is 11.8 Å². The molecule has 0 fully saturated rings. The highest BCUT2D eigenvalue weighted by atomic mass is 32.2. The Balaban J connectivity index is 1.84. The van der Waals surface area contributed by atoms with Crippen LogP contribution in [0.2, 0.25) is 0 Å². The van der Waals surface area contributed by atoms with Crippen molar-refractivity contribution in [2.24, 2.45) is 7.05 Å². The molecule has 9 heteroatoms. The van der Waals surface area contributed by atoms with Crippen molar-refractivity contribution in [3.8, 4) is 0 Å². The molecule has 8 nitrogen and oxygen atoms in total. The Kier molecular flexibility index (Phi) is 8.46. The first-order valence-electron chi connectivity index (χ1n) is 9.29. The van der Waals surface area contributed by atoms with E-state index in [1.54, 1.807) is 35.2 Å². The van der Waals surface area contributed by atoms with E-state index in [1.807, 2.05) is 7.05 Å². The van der Waals surface area contributed by atoms with E-state index in [9.17, 15) is 9.59 Å². The van der Waals surface area contributed by atoms with Crippen molar-refractivity contribution in [1.82, 2.24) is 25.0 Å². The van der Waals surface area contributed by atoms with Crippen LogP contribution in [0.4, 0.5) is 5.69 Å². The van der Waals surface area contributed by atoms with Crippen molar-refractivity contribution in [1.29, 1.82) is 0 Å². The number of hydrogen-bond acceptors (Lipinski definition) is 6. The summed E-state index contributed by atoms with van der Waals surface area (Å²) in [6, 6.07) is 7.38. The van der Waals surface area contributed by atoms with Gasteiger partial charge in [0.15, 0.2) is 5.16 Å². The molecule has 1 aromatic heterocycles. The number of amides is 2. The summed E-state index contributed by atoms with van der Waals surface area (Å²) in [6.07, 6.45) is 1.59. The van der Waals surface area contributed by atoms with E-state index in [4.69, 9.17) is 0 Å². The molecule has 2 aromatic rings.